The number of rotatable bonds is 8. The fourth-order valence-electron chi connectivity index (χ4n) is 7.37. The third kappa shape index (κ3) is 9.50. The fraction of sp³-hybridized carbons (Fsp3) is 0.261. The first-order chi connectivity index (χ1) is 27.7. The Balaban J connectivity index is 0.000000174. The molecule has 0 spiro atoms. The summed E-state index contributed by atoms with van der Waals surface area (Å²) in [6.07, 6.45) is 0.535. The van der Waals surface area contributed by atoms with E-state index in [9.17, 15) is 19.8 Å². The summed E-state index contributed by atoms with van der Waals surface area (Å²) in [5.41, 5.74) is 3.82. The van der Waals surface area contributed by atoms with Gasteiger partial charge >= 0.3 is 0 Å². The number of carbonyl (C=O) groups is 2. The molecule has 294 valence electrons. The van der Waals surface area contributed by atoms with Gasteiger partial charge in [0.05, 0.1) is 48.6 Å². The second kappa shape index (κ2) is 18.4. The fourth-order valence-corrected chi connectivity index (χ4v) is 7.49. The van der Waals surface area contributed by atoms with E-state index in [4.69, 9.17) is 21.1 Å². The van der Waals surface area contributed by atoms with Gasteiger partial charge in [0.1, 0.15) is 11.6 Å². The first kappa shape index (κ1) is 40.0. The van der Waals surface area contributed by atoms with Crippen LogP contribution in [0.25, 0.3) is 21.5 Å². The number of hydrogen-bond acceptors (Lipinski definition) is 6. The van der Waals surface area contributed by atoms with Crippen LogP contribution in [-0.4, -0.2) is 72.7 Å². The summed E-state index contributed by atoms with van der Waals surface area (Å²) in [4.78, 5) is 25.7. The average molecular weight is 793 g/mol. The van der Waals surface area contributed by atoms with Crippen LogP contribution in [0.5, 0.6) is 0 Å². The highest BCUT2D eigenvalue weighted by atomic mass is 35.5. The number of hydrogen-bond donors (Lipinski definition) is 4. The van der Waals surface area contributed by atoms with Gasteiger partial charge in [-0.2, -0.15) is 0 Å². The van der Waals surface area contributed by atoms with Gasteiger partial charge in [-0.3, -0.25) is 9.59 Å². The second-order valence-electron chi connectivity index (χ2n) is 14.4. The van der Waals surface area contributed by atoms with Crippen LogP contribution in [0, 0.1) is 11.6 Å². The molecular formula is C46H43ClF2N2O6. The Bertz CT molecular complexity index is 2360. The Morgan fingerprint density at radius 3 is 1.44 bits per heavy atom. The van der Waals surface area contributed by atoms with Crippen LogP contribution < -0.4 is 10.6 Å². The molecule has 4 unspecified atom stereocenters. The zero-order chi connectivity index (χ0) is 39.9. The van der Waals surface area contributed by atoms with Crippen molar-refractivity contribution in [3.63, 3.8) is 0 Å². The van der Waals surface area contributed by atoms with Crippen molar-refractivity contribution in [3.05, 3.63) is 165 Å². The second-order valence-corrected chi connectivity index (χ2v) is 14.8. The highest BCUT2D eigenvalue weighted by Crippen LogP contribution is 2.29. The van der Waals surface area contributed by atoms with Crippen LogP contribution >= 0.6 is 11.6 Å². The Labute approximate surface area is 334 Å². The van der Waals surface area contributed by atoms with Crippen molar-refractivity contribution in [2.24, 2.45) is 0 Å². The summed E-state index contributed by atoms with van der Waals surface area (Å²) < 4.78 is 40.7. The molecule has 2 amide bonds. The average Bonchev–Trinajstić information content (AvgIpc) is 3.23. The van der Waals surface area contributed by atoms with E-state index >= 15 is 8.78 Å². The summed E-state index contributed by atoms with van der Waals surface area (Å²) >= 11 is 5.97. The largest absolute Gasteiger partial charge is 0.389 e. The maximum absolute atomic E-state index is 15.2. The van der Waals surface area contributed by atoms with Gasteiger partial charge in [-0.1, -0.05) is 103 Å². The first-order valence-electron chi connectivity index (χ1n) is 19.0. The Kier molecular flexibility index (Phi) is 12.9. The molecule has 0 bridgehead atoms. The highest BCUT2D eigenvalue weighted by Gasteiger charge is 2.29. The van der Waals surface area contributed by atoms with Crippen molar-refractivity contribution >= 4 is 45.0 Å². The van der Waals surface area contributed by atoms with Crippen molar-refractivity contribution in [1.29, 1.82) is 0 Å². The lowest BCUT2D eigenvalue weighted by Crippen LogP contribution is -2.48. The molecule has 2 aliphatic heterocycles. The lowest BCUT2D eigenvalue weighted by atomic mass is 9.94. The van der Waals surface area contributed by atoms with E-state index in [0.717, 1.165) is 33.0 Å². The number of carbonyl (C=O) groups excluding carboxylic acids is 2. The molecule has 2 fully saturated rings. The van der Waals surface area contributed by atoms with Gasteiger partial charge in [-0.05, 0) is 83.0 Å². The number of aliphatic hydroxyl groups excluding tert-OH is 2. The van der Waals surface area contributed by atoms with Crippen LogP contribution in [-0.2, 0) is 22.3 Å². The number of fused-ring (bicyclic) bond motifs is 2. The van der Waals surface area contributed by atoms with Crippen molar-refractivity contribution in [3.8, 4) is 0 Å². The van der Waals surface area contributed by atoms with E-state index in [1.165, 1.54) is 0 Å². The van der Waals surface area contributed by atoms with E-state index in [1.807, 2.05) is 78.9 Å². The first-order valence-corrected chi connectivity index (χ1v) is 19.4. The van der Waals surface area contributed by atoms with E-state index in [0.29, 0.717) is 54.7 Å². The molecule has 2 aliphatic rings. The van der Waals surface area contributed by atoms with Crippen LogP contribution in [0.15, 0.2) is 115 Å². The van der Waals surface area contributed by atoms with Crippen LogP contribution in [0.2, 0.25) is 5.02 Å². The number of benzene rings is 6. The molecule has 2 heterocycles. The van der Waals surface area contributed by atoms with Gasteiger partial charge in [0, 0.05) is 29.0 Å². The molecule has 2 saturated heterocycles. The molecule has 6 aromatic carbocycles. The van der Waals surface area contributed by atoms with Crippen molar-refractivity contribution < 1.29 is 38.1 Å². The molecule has 57 heavy (non-hydrogen) atoms. The zero-order valence-electron chi connectivity index (χ0n) is 31.1. The van der Waals surface area contributed by atoms with E-state index in [1.54, 1.807) is 36.4 Å². The molecule has 4 atom stereocenters. The summed E-state index contributed by atoms with van der Waals surface area (Å²) in [7, 11) is 0. The smallest absolute Gasteiger partial charge is 0.254 e. The molecule has 4 N–H and O–H groups in total. The summed E-state index contributed by atoms with van der Waals surface area (Å²) in [5.74, 6) is -2.13. The molecule has 0 aromatic heterocycles. The van der Waals surface area contributed by atoms with Gasteiger partial charge in [-0.15, -0.1) is 0 Å². The summed E-state index contributed by atoms with van der Waals surface area (Å²) in [5, 5.41) is 28.6. The Hall–Kier alpha value is -5.23. The van der Waals surface area contributed by atoms with Gasteiger partial charge < -0.3 is 30.3 Å². The van der Waals surface area contributed by atoms with Gasteiger partial charge in [-0.25, -0.2) is 8.78 Å². The maximum Gasteiger partial charge on any atom is 0.254 e. The Morgan fingerprint density at radius 2 is 1.00 bits per heavy atom. The minimum atomic E-state index is -0.801. The topological polar surface area (TPSA) is 117 Å². The number of halogens is 3. The van der Waals surface area contributed by atoms with Crippen LogP contribution in [0.3, 0.4) is 0 Å². The van der Waals surface area contributed by atoms with Gasteiger partial charge in [0.2, 0.25) is 0 Å². The van der Waals surface area contributed by atoms with Crippen molar-refractivity contribution in [2.75, 3.05) is 26.4 Å². The molecule has 0 radical (unpaired) electrons. The van der Waals surface area contributed by atoms with Gasteiger partial charge in [0.25, 0.3) is 11.8 Å². The quantitative estimate of drug-likeness (QED) is 0.127. The minimum absolute atomic E-state index is 0.00308. The molecule has 0 aliphatic carbocycles. The van der Waals surface area contributed by atoms with Gasteiger partial charge in [0.15, 0.2) is 0 Å². The standard InChI is InChI=1S/C23H21ClFNO3.C23H22FNO3/c24-16-7-5-14(6-8-16)11-15-12-19(22(25)18-4-2-1-3-17(15)18)23(28)26-20-9-10-29-13-21(20)27;24-22-18-9-5-4-8-17(18)16(12-15-6-2-1-3-7-15)13-19(22)23(27)25-20-10-11-28-14-21(20)26/h1-8,12,20-21,27H,9-11,13H2,(H,26,28);1-9,13,20-21,26H,10-12,14H2,(H,25,27). The molecule has 8 nitrogen and oxygen atoms in total. The van der Waals surface area contributed by atoms with E-state index < -0.39 is 47.7 Å². The molecule has 6 aromatic rings. The Morgan fingerprint density at radius 1 is 0.596 bits per heavy atom. The third-order valence-corrected chi connectivity index (χ3v) is 10.7. The number of amides is 2. The molecule has 8 rings (SSSR count). The normalized spacial score (nSPS) is 19.4. The monoisotopic (exact) mass is 792 g/mol. The zero-order valence-corrected chi connectivity index (χ0v) is 31.9. The predicted octanol–water partition coefficient (Wildman–Crippen LogP) is 7.55. The maximum atomic E-state index is 15.2. The predicted molar refractivity (Wildman–Crippen MR) is 217 cm³/mol. The number of ether oxygens (including phenoxy) is 2. The van der Waals surface area contributed by atoms with Crippen molar-refractivity contribution in [2.45, 2.75) is 50.0 Å². The van der Waals surface area contributed by atoms with Crippen molar-refractivity contribution in [1.82, 2.24) is 10.6 Å². The summed E-state index contributed by atoms with van der Waals surface area (Å²) in [6, 6.07) is 34.0. The number of nitrogens with one attached hydrogen (secondary N) is 2. The van der Waals surface area contributed by atoms with Crippen LogP contribution in [0.4, 0.5) is 8.78 Å². The molecule has 11 heteroatoms. The minimum Gasteiger partial charge on any atom is -0.389 e. The number of aliphatic hydroxyl groups is 2. The van der Waals surface area contributed by atoms with E-state index in [-0.39, 0.29) is 24.3 Å². The molecular weight excluding hydrogens is 750 g/mol. The van der Waals surface area contributed by atoms with E-state index in [2.05, 4.69) is 10.6 Å². The lowest BCUT2D eigenvalue weighted by Gasteiger charge is -2.28. The highest BCUT2D eigenvalue weighted by molar-refractivity contribution is 6.30. The third-order valence-electron chi connectivity index (χ3n) is 10.4. The summed E-state index contributed by atoms with van der Waals surface area (Å²) in [6.45, 7) is 1.24. The lowest BCUT2D eigenvalue weighted by molar-refractivity contribution is -0.0261. The van der Waals surface area contributed by atoms with Crippen LogP contribution in [0.1, 0.15) is 55.8 Å². The molecule has 0 saturated carbocycles. The SMILES string of the molecule is O=C(NC1CCOCC1O)c1cc(Cc2ccc(Cl)cc2)c2ccccc2c1F.O=C(NC1CCOCC1O)c1cc(Cc2ccccc2)c2ccccc2c1F.